The summed E-state index contributed by atoms with van der Waals surface area (Å²) in [6.07, 6.45) is 2.89. The van der Waals surface area contributed by atoms with Gasteiger partial charge >= 0.3 is 0 Å². The number of likely N-dealkylation sites (N-methyl/N-ethyl adjacent to an activating group) is 1. The standard InChI is InChI=1S/C19H35ClFN5O3S/c1-22-14-5-3-12(4-6-14)10-30(28,29)25-24-19(27)15-7-13(8-16(20)18(15)21)17-9-26(2)11-23-17/h12-18,22-23,25H,3-11H2,1-2H3,(H,24,27). The highest BCUT2D eigenvalue weighted by atomic mass is 35.5. The maximum Gasteiger partial charge on any atom is 0.241 e. The lowest BCUT2D eigenvalue weighted by atomic mass is 9.76. The number of sulfonamides is 1. The van der Waals surface area contributed by atoms with Crippen molar-refractivity contribution in [2.24, 2.45) is 17.8 Å². The van der Waals surface area contributed by atoms with Crippen LogP contribution < -0.4 is 20.9 Å². The van der Waals surface area contributed by atoms with Crippen molar-refractivity contribution in [1.29, 1.82) is 0 Å². The molecule has 1 heterocycles. The molecule has 0 aromatic heterocycles. The lowest BCUT2D eigenvalue weighted by Crippen LogP contribution is -2.52. The molecule has 3 fully saturated rings. The fourth-order valence-electron chi connectivity index (χ4n) is 5.05. The number of nitrogens with zero attached hydrogens (tertiary/aromatic N) is 1. The van der Waals surface area contributed by atoms with Crippen LogP contribution in [0.2, 0.25) is 0 Å². The number of hydrogen-bond donors (Lipinski definition) is 4. The molecule has 3 rings (SSSR count). The number of carbonyl (C=O) groups excluding carboxylic acids is 1. The van der Waals surface area contributed by atoms with Crippen LogP contribution in [0, 0.1) is 17.8 Å². The molecular formula is C19H35ClFN5O3S. The van der Waals surface area contributed by atoms with Gasteiger partial charge in [-0.25, -0.2) is 12.8 Å². The van der Waals surface area contributed by atoms with Gasteiger partial charge in [-0.05, 0) is 64.5 Å². The first-order chi connectivity index (χ1) is 14.2. The smallest absolute Gasteiger partial charge is 0.241 e. The Balaban J connectivity index is 1.51. The minimum absolute atomic E-state index is 0.0352. The maximum atomic E-state index is 14.7. The molecule has 0 spiro atoms. The summed E-state index contributed by atoms with van der Waals surface area (Å²) in [5, 5.41) is 5.84. The van der Waals surface area contributed by atoms with Crippen molar-refractivity contribution in [3.63, 3.8) is 0 Å². The first kappa shape index (κ1) is 24.1. The maximum absolute atomic E-state index is 14.7. The van der Waals surface area contributed by atoms with Crippen LogP contribution in [0.25, 0.3) is 0 Å². The third-order valence-corrected chi connectivity index (χ3v) is 8.63. The van der Waals surface area contributed by atoms with Gasteiger partial charge in [-0.1, -0.05) is 0 Å². The van der Waals surface area contributed by atoms with Gasteiger partial charge in [0.05, 0.1) is 17.0 Å². The number of nitrogens with one attached hydrogen (secondary N) is 4. The normalized spacial score (nSPS) is 38.5. The average Bonchev–Trinajstić information content (AvgIpc) is 3.15. The quantitative estimate of drug-likeness (QED) is 0.322. The number of hydrazine groups is 1. The predicted octanol–water partition coefficient (Wildman–Crippen LogP) is 0.548. The molecule has 1 amide bonds. The minimum atomic E-state index is -3.68. The molecule has 1 saturated heterocycles. The summed E-state index contributed by atoms with van der Waals surface area (Å²) in [6, 6.07) is 0.596. The molecule has 2 aliphatic carbocycles. The van der Waals surface area contributed by atoms with Gasteiger partial charge in [0.25, 0.3) is 0 Å². The highest BCUT2D eigenvalue weighted by molar-refractivity contribution is 7.89. The van der Waals surface area contributed by atoms with Crippen molar-refractivity contribution in [2.75, 3.05) is 33.1 Å². The third kappa shape index (κ3) is 6.26. The van der Waals surface area contributed by atoms with E-state index < -0.39 is 33.4 Å². The molecular weight excluding hydrogens is 433 g/mol. The second-order valence-corrected chi connectivity index (χ2v) is 11.5. The lowest BCUT2D eigenvalue weighted by Gasteiger charge is -2.37. The molecule has 5 atom stereocenters. The van der Waals surface area contributed by atoms with Gasteiger partial charge < -0.3 is 5.32 Å². The van der Waals surface area contributed by atoms with E-state index in [0.717, 1.165) is 38.9 Å². The fourth-order valence-corrected chi connectivity index (χ4v) is 6.75. The monoisotopic (exact) mass is 467 g/mol. The Hall–Kier alpha value is -0.520. The Morgan fingerprint density at radius 1 is 1.23 bits per heavy atom. The Labute approximate surface area is 184 Å². The average molecular weight is 468 g/mol. The van der Waals surface area contributed by atoms with E-state index in [4.69, 9.17) is 11.6 Å². The highest BCUT2D eigenvalue weighted by Crippen LogP contribution is 2.37. The van der Waals surface area contributed by atoms with E-state index >= 15 is 0 Å². The van der Waals surface area contributed by atoms with Crippen LogP contribution in [0.3, 0.4) is 0 Å². The molecule has 3 aliphatic rings. The topological polar surface area (TPSA) is 103 Å². The Kier molecular flexibility index (Phi) is 8.36. The van der Waals surface area contributed by atoms with E-state index in [1.54, 1.807) is 0 Å². The van der Waals surface area contributed by atoms with Crippen LogP contribution in [-0.2, 0) is 14.8 Å². The van der Waals surface area contributed by atoms with E-state index in [1.165, 1.54) is 0 Å². The lowest BCUT2D eigenvalue weighted by molar-refractivity contribution is -0.129. The minimum Gasteiger partial charge on any atom is -0.317 e. The molecule has 174 valence electrons. The van der Waals surface area contributed by atoms with Crippen LogP contribution in [0.5, 0.6) is 0 Å². The zero-order valence-electron chi connectivity index (χ0n) is 17.7. The molecule has 4 N–H and O–H groups in total. The fraction of sp³-hybridized carbons (Fsp3) is 0.947. The molecule has 0 bridgehead atoms. The molecule has 0 radical (unpaired) electrons. The zero-order chi connectivity index (χ0) is 21.9. The van der Waals surface area contributed by atoms with Crippen LogP contribution in [0.4, 0.5) is 4.39 Å². The van der Waals surface area contributed by atoms with E-state index in [0.29, 0.717) is 18.9 Å². The third-order valence-electron chi connectivity index (χ3n) is 6.89. The van der Waals surface area contributed by atoms with Crippen LogP contribution in [0.15, 0.2) is 0 Å². The molecule has 11 heteroatoms. The first-order valence-corrected chi connectivity index (χ1v) is 12.9. The van der Waals surface area contributed by atoms with E-state index in [2.05, 4.69) is 25.8 Å². The molecule has 30 heavy (non-hydrogen) atoms. The number of hydrogen-bond acceptors (Lipinski definition) is 6. The second-order valence-electron chi connectivity index (χ2n) is 9.18. The number of rotatable bonds is 7. The molecule has 1 aliphatic heterocycles. The summed E-state index contributed by atoms with van der Waals surface area (Å²) >= 11 is 6.22. The van der Waals surface area contributed by atoms with Crippen molar-refractivity contribution in [2.45, 2.75) is 62.2 Å². The van der Waals surface area contributed by atoms with Crippen molar-refractivity contribution < 1.29 is 17.6 Å². The van der Waals surface area contributed by atoms with E-state index in [-0.39, 0.29) is 23.6 Å². The summed E-state index contributed by atoms with van der Waals surface area (Å²) in [6.45, 7) is 1.57. The van der Waals surface area contributed by atoms with Gasteiger partial charge in [0.2, 0.25) is 15.9 Å². The van der Waals surface area contributed by atoms with Crippen molar-refractivity contribution >= 4 is 27.5 Å². The first-order valence-electron chi connectivity index (χ1n) is 10.8. The van der Waals surface area contributed by atoms with Crippen molar-refractivity contribution in [1.82, 2.24) is 25.8 Å². The summed E-state index contributed by atoms with van der Waals surface area (Å²) < 4.78 is 39.5. The summed E-state index contributed by atoms with van der Waals surface area (Å²) in [7, 11) is 0.229. The van der Waals surface area contributed by atoms with Gasteiger partial charge in [-0.3, -0.25) is 20.4 Å². The summed E-state index contributed by atoms with van der Waals surface area (Å²) in [5.41, 5.74) is 2.25. The number of halogens is 2. The Morgan fingerprint density at radius 2 is 1.93 bits per heavy atom. The van der Waals surface area contributed by atoms with E-state index in [1.807, 2.05) is 14.1 Å². The summed E-state index contributed by atoms with van der Waals surface area (Å²) in [5.74, 6) is -1.51. The SMILES string of the molecule is CNC1CCC(CS(=O)(=O)NNC(=O)C2CC(C3CN(C)CN3)CC(Cl)C2F)CC1. The van der Waals surface area contributed by atoms with Crippen LogP contribution in [0.1, 0.15) is 38.5 Å². The Morgan fingerprint density at radius 3 is 2.53 bits per heavy atom. The van der Waals surface area contributed by atoms with Crippen molar-refractivity contribution in [3.05, 3.63) is 0 Å². The molecule has 5 unspecified atom stereocenters. The number of amides is 1. The van der Waals surface area contributed by atoms with Crippen LogP contribution >= 0.6 is 11.6 Å². The van der Waals surface area contributed by atoms with Crippen LogP contribution in [-0.4, -0.2) is 75.9 Å². The molecule has 0 aromatic rings. The van der Waals surface area contributed by atoms with E-state index in [9.17, 15) is 17.6 Å². The van der Waals surface area contributed by atoms with Gasteiger partial charge in [-0.2, -0.15) is 0 Å². The molecule has 2 saturated carbocycles. The highest BCUT2D eigenvalue weighted by Gasteiger charge is 2.44. The number of alkyl halides is 2. The zero-order valence-corrected chi connectivity index (χ0v) is 19.3. The van der Waals surface area contributed by atoms with Gasteiger partial charge in [-0.15, -0.1) is 16.4 Å². The largest absolute Gasteiger partial charge is 0.317 e. The van der Waals surface area contributed by atoms with Crippen molar-refractivity contribution in [3.8, 4) is 0 Å². The molecule has 8 nitrogen and oxygen atoms in total. The van der Waals surface area contributed by atoms with Gasteiger partial charge in [0.1, 0.15) is 6.17 Å². The Bertz CT molecular complexity index is 692. The second kappa shape index (κ2) is 10.4. The molecule has 0 aromatic carbocycles. The van der Waals surface area contributed by atoms with Gasteiger partial charge in [0.15, 0.2) is 0 Å². The predicted molar refractivity (Wildman–Crippen MR) is 115 cm³/mol. The summed E-state index contributed by atoms with van der Waals surface area (Å²) in [4.78, 5) is 16.9. The van der Waals surface area contributed by atoms with Gasteiger partial charge in [0, 0.05) is 25.3 Å². The number of carbonyl (C=O) groups is 1.